The Kier molecular flexibility index (Phi) is 3.03. The van der Waals surface area contributed by atoms with Gasteiger partial charge in [-0.05, 0) is 36.5 Å². The molecule has 0 radical (unpaired) electrons. The predicted molar refractivity (Wildman–Crippen MR) is 64.2 cm³/mol. The highest BCUT2D eigenvalue weighted by atomic mass is 16.6. The molecule has 0 aliphatic carbocycles. The van der Waals surface area contributed by atoms with E-state index in [4.69, 9.17) is 4.74 Å². The molecule has 0 N–H and O–H groups in total. The molecule has 1 atom stereocenters. The van der Waals surface area contributed by atoms with Crippen LogP contribution in [0.3, 0.4) is 0 Å². The Balaban J connectivity index is 1.59. The summed E-state index contributed by atoms with van der Waals surface area (Å²) in [6.45, 7) is 2.64. The molecule has 6 nitrogen and oxygen atoms in total. The molecule has 1 fully saturated rings. The maximum Gasteiger partial charge on any atom is 0.390 e. The second kappa shape index (κ2) is 4.68. The quantitative estimate of drug-likeness (QED) is 0.604. The Morgan fingerprint density at radius 3 is 2.89 bits per heavy atom. The minimum absolute atomic E-state index is 0.0157. The zero-order valence-corrected chi connectivity index (χ0v) is 10.2. The van der Waals surface area contributed by atoms with Crippen molar-refractivity contribution in [2.75, 3.05) is 13.2 Å². The van der Waals surface area contributed by atoms with Crippen LogP contribution in [0.4, 0.5) is 5.82 Å². The van der Waals surface area contributed by atoms with Crippen LogP contribution in [0.2, 0.25) is 0 Å². The van der Waals surface area contributed by atoms with Crippen LogP contribution < -0.4 is 0 Å². The highest BCUT2D eigenvalue weighted by Gasteiger charge is 2.27. The third-order valence-electron chi connectivity index (χ3n) is 3.97. The molecule has 1 aromatic rings. The average molecular weight is 251 g/mol. The largest absolute Gasteiger partial charge is 0.390 e. The number of hydrogen-bond donors (Lipinski definition) is 0. The molecular formula is C12H17N3O3. The number of nitrogens with zero attached hydrogens (tertiary/aromatic N) is 3. The maximum absolute atomic E-state index is 10.7. The molecule has 3 heterocycles. The Labute approximate surface area is 105 Å². The monoisotopic (exact) mass is 251 g/mol. The van der Waals surface area contributed by atoms with Gasteiger partial charge in [-0.15, -0.1) is 0 Å². The molecule has 2 aliphatic rings. The summed E-state index contributed by atoms with van der Waals surface area (Å²) in [6.07, 6.45) is 4.43. The van der Waals surface area contributed by atoms with Gasteiger partial charge in [0.1, 0.15) is 0 Å². The van der Waals surface area contributed by atoms with Gasteiger partial charge in [0.25, 0.3) is 0 Å². The molecule has 2 aliphatic heterocycles. The van der Waals surface area contributed by atoms with Crippen LogP contribution in [0.5, 0.6) is 0 Å². The average Bonchev–Trinajstić information content (AvgIpc) is 2.70. The first-order valence-corrected chi connectivity index (χ1v) is 6.51. The zero-order valence-electron chi connectivity index (χ0n) is 10.2. The van der Waals surface area contributed by atoms with Crippen molar-refractivity contribution in [2.24, 2.45) is 11.8 Å². The summed E-state index contributed by atoms with van der Waals surface area (Å²) >= 11 is 0. The van der Waals surface area contributed by atoms with Gasteiger partial charge < -0.3 is 14.9 Å². The maximum atomic E-state index is 10.7. The molecule has 18 heavy (non-hydrogen) atoms. The third kappa shape index (κ3) is 2.25. The van der Waals surface area contributed by atoms with Crippen molar-refractivity contribution in [2.45, 2.75) is 32.2 Å². The van der Waals surface area contributed by atoms with Crippen LogP contribution in [0.1, 0.15) is 25.0 Å². The summed E-state index contributed by atoms with van der Waals surface area (Å²) in [7, 11) is 0. The van der Waals surface area contributed by atoms with E-state index in [1.807, 2.05) is 0 Å². The summed E-state index contributed by atoms with van der Waals surface area (Å²) in [4.78, 5) is 10.3. The van der Waals surface area contributed by atoms with E-state index in [-0.39, 0.29) is 5.82 Å². The van der Waals surface area contributed by atoms with Gasteiger partial charge >= 0.3 is 5.82 Å². The SMILES string of the molecule is O=[N+]([O-])c1cc2n(n1)CCC(CCC1COC1)C2. The van der Waals surface area contributed by atoms with Crippen molar-refractivity contribution in [1.29, 1.82) is 0 Å². The lowest BCUT2D eigenvalue weighted by molar-refractivity contribution is -0.389. The molecule has 0 amide bonds. The Morgan fingerprint density at radius 1 is 1.44 bits per heavy atom. The molecule has 6 heteroatoms. The Bertz CT molecular complexity index is 453. The molecule has 1 saturated heterocycles. The number of nitro groups is 1. The fraction of sp³-hybridized carbons (Fsp3) is 0.750. The molecule has 1 unspecified atom stereocenters. The third-order valence-corrected chi connectivity index (χ3v) is 3.97. The van der Waals surface area contributed by atoms with Gasteiger partial charge in [-0.1, -0.05) is 0 Å². The van der Waals surface area contributed by atoms with E-state index in [1.165, 1.54) is 12.8 Å². The van der Waals surface area contributed by atoms with E-state index in [1.54, 1.807) is 10.7 Å². The molecule has 0 saturated carbocycles. The van der Waals surface area contributed by atoms with Crippen LogP contribution in [-0.2, 0) is 17.7 Å². The lowest BCUT2D eigenvalue weighted by Gasteiger charge is -2.28. The first-order chi connectivity index (χ1) is 8.72. The highest BCUT2D eigenvalue weighted by Crippen LogP contribution is 2.28. The normalized spacial score (nSPS) is 23.4. The molecule has 98 valence electrons. The van der Waals surface area contributed by atoms with Gasteiger partial charge in [0.15, 0.2) is 0 Å². The van der Waals surface area contributed by atoms with Crippen LogP contribution in [0.15, 0.2) is 6.07 Å². The van der Waals surface area contributed by atoms with Gasteiger partial charge in [-0.2, -0.15) is 4.68 Å². The van der Waals surface area contributed by atoms with Crippen molar-refractivity contribution in [3.05, 3.63) is 21.9 Å². The van der Waals surface area contributed by atoms with Crippen LogP contribution in [-0.4, -0.2) is 27.9 Å². The minimum atomic E-state index is -0.411. The Morgan fingerprint density at radius 2 is 2.22 bits per heavy atom. The number of rotatable bonds is 4. The van der Waals surface area contributed by atoms with Crippen LogP contribution in [0.25, 0.3) is 0 Å². The molecular weight excluding hydrogens is 234 g/mol. The molecule has 0 aromatic carbocycles. The second-order valence-corrected chi connectivity index (χ2v) is 5.31. The van der Waals surface area contributed by atoms with Crippen molar-refractivity contribution in [3.63, 3.8) is 0 Å². The fourth-order valence-electron chi connectivity index (χ4n) is 2.76. The molecule has 0 bridgehead atoms. The predicted octanol–water partition coefficient (Wildman–Crippen LogP) is 1.78. The number of fused-ring (bicyclic) bond motifs is 1. The zero-order chi connectivity index (χ0) is 12.5. The van der Waals surface area contributed by atoms with E-state index in [0.717, 1.165) is 44.2 Å². The van der Waals surface area contributed by atoms with E-state index in [2.05, 4.69) is 5.10 Å². The second-order valence-electron chi connectivity index (χ2n) is 5.31. The minimum Gasteiger partial charge on any atom is -0.381 e. The summed E-state index contributed by atoms with van der Waals surface area (Å²) in [5.41, 5.74) is 1.02. The van der Waals surface area contributed by atoms with Gasteiger partial charge in [0, 0.05) is 5.92 Å². The lowest BCUT2D eigenvalue weighted by Crippen LogP contribution is -2.28. The Hall–Kier alpha value is -1.43. The topological polar surface area (TPSA) is 70.2 Å². The number of ether oxygens (including phenoxy) is 1. The standard InChI is InChI=1S/C12H17N3O3/c16-15(17)12-6-11-5-9(3-4-14(11)13-12)1-2-10-7-18-8-10/h6,9-10H,1-5,7-8H2. The van der Waals surface area contributed by atoms with Gasteiger partial charge in [-0.3, -0.25) is 0 Å². The van der Waals surface area contributed by atoms with Gasteiger partial charge in [0.05, 0.1) is 36.6 Å². The number of aromatic nitrogens is 2. The first-order valence-electron chi connectivity index (χ1n) is 6.51. The van der Waals surface area contributed by atoms with E-state index in [9.17, 15) is 10.1 Å². The van der Waals surface area contributed by atoms with E-state index < -0.39 is 4.92 Å². The molecule has 0 spiro atoms. The first kappa shape index (κ1) is 11.6. The summed E-state index contributed by atoms with van der Waals surface area (Å²) in [5.74, 6) is 1.37. The highest BCUT2D eigenvalue weighted by molar-refractivity contribution is 5.23. The number of aryl methyl sites for hydroxylation is 1. The van der Waals surface area contributed by atoms with Crippen molar-refractivity contribution >= 4 is 5.82 Å². The van der Waals surface area contributed by atoms with Crippen molar-refractivity contribution in [3.8, 4) is 0 Å². The number of hydrogen-bond acceptors (Lipinski definition) is 4. The van der Waals surface area contributed by atoms with E-state index >= 15 is 0 Å². The van der Waals surface area contributed by atoms with Crippen molar-refractivity contribution < 1.29 is 9.66 Å². The fourth-order valence-corrected chi connectivity index (χ4v) is 2.76. The summed E-state index contributed by atoms with van der Waals surface area (Å²) < 4.78 is 6.96. The van der Waals surface area contributed by atoms with Crippen LogP contribution in [0, 0.1) is 22.0 Å². The lowest BCUT2D eigenvalue weighted by atomic mass is 9.88. The summed E-state index contributed by atoms with van der Waals surface area (Å²) in [5, 5.41) is 14.7. The van der Waals surface area contributed by atoms with Crippen LogP contribution >= 0.6 is 0 Å². The van der Waals surface area contributed by atoms with Crippen molar-refractivity contribution in [1.82, 2.24) is 9.78 Å². The summed E-state index contributed by atoms with van der Waals surface area (Å²) in [6, 6.07) is 1.62. The molecule has 3 rings (SSSR count). The molecule has 1 aromatic heterocycles. The van der Waals surface area contributed by atoms with Gasteiger partial charge in [-0.25, -0.2) is 0 Å². The van der Waals surface area contributed by atoms with Gasteiger partial charge in [0.2, 0.25) is 0 Å². The smallest absolute Gasteiger partial charge is 0.381 e. The van der Waals surface area contributed by atoms with E-state index in [0.29, 0.717) is 5.92 Å².